The van der Waals surface area contributed by atoms with Gasteiger partial charge in [0, 0.05) is 18.8 Å². The van der Waals surface area contributed by atoms with Gasteiger partial charge in [0.05, 0.1) is 5.56 Å². The highest BCUT2D eigenvalue weighted by atomic mass is 19.4. The van der Waals surface area contributed by atoms with E-state index in [2.05, 4.69) is 27.2 Å². The van der Waals surface area contributed by atoms with E-state index in [-0.39, 0.29) is 34.7 Å². The molecule has 0 spiro atoms. The summed E-state index contributed by atoms with van der Waals surface area (Å²) in [4.78, 5) is 18.2. The lowest BCUT2D eigenvalue weighted by Crippen LogP contribution is -2.35. The molecule has 11 heteroatoms. The van der Waals surface area contributed by atoms with E-state index in [1.807, 2.05) is 11.9 Å². The molecule has 1 aliphatic rings. The molecule has 8 nitrogen and oxygen atoms in total. The summed E-state index contributed by atoms with van der Waals surface area (Å²) < 4.78 is 48.2. The van der Waals surface area contributed by atoms with E-state index in [4.69, 9.17) is 4.42 Å². The van der Waals surface area contributed by atoms with Crippen LogP contribution in [0.5, 0.6) is 0 Å². The first-order valence-electron chi connectivity index (χ1n) is 11.5. The van der Waals surface area contributed by atoms with E-state index in [1.54, 1.807) is 37.3 Å². The quantitative estimate of drug-likeness (QED) is 0.432. The summed E-state index contributed by atoms with van der Waals surface area (Å²) >= 11 is 0. The molecule has 0 bridgehead atoms. The molecule has 1 aliphatic carbocycles. The van der Waals surface area contributed by atoms with Crippen molar-refractivity contribution in [1.29, 1.82) is 0 Å². The summed E-state index contributed by atoms with van der Waals surface area (Å²) in [5, 5.41) is 11.8. The number of rotatable bonds is 4. The predicted octanol–water partition coefficient (Wildman–Crippen LogP) is 5.08. The van der Waals surface area contributed by atoms with Gasteiger partial charge in [-0.05, 0) is 31.2 Å². The van der Waals surface area contributed by atoms with E-state index in [0.717, 1.165) is 23.8 Å². The molecule has 5 rings (SSSR count). The van der Waals surface area contributed by atoms with Crippen LogP contribution < -0.4 is 10.5 Å². The van der Waals surface area contributed by atoms with Crippen LogP contribution >= 0.6 is 0 Å². The van der Waals surface area contributed by atoms with Crippen LogP contribution in [0.4, 0.5) is 19.2 Å². The number of aromatic nitrogens is 5. The Kier molecular flexibility index (Phi) is 5.65. The maximum absolute atomic E-state index is 13.9. The first-order valence-corrected chi connectivity index (χ1v) is 11.5. The van der Waals surface area contributed by atoms with Gasteiger partial charge in [-0.15, -0.1) is 5.10 Å². The Balaban J connectivity index is 1.61. The third kappa shape index (κ3) is 4.08. The monoisotopic (exact) mass is 486 g/mol. The number of alkyl halides is 3. The zero-order valence-electron chi connectivity index (χ0n) is 19.6. The molecule has 0 radical (unpaired) electrons. The van der Waals surface area contributed by atoms with Gasteiger partial charge < -0.3 is 14.3 Å². The minimum absolute atomic E-state index is 0.0162. The van der Waals surface area contributed by atoms with Gasteiger partial charge in [0.15, 0.2) is 5.69 Å². The number of halogens is 3. The molecule has 1 fully saturated rings. The molecule has 0 amide bonds. The number of anilines is 1. The average molecular weight is 486 g/mol. The molecule has 3 heterocycles. The van der Waals surface area contributed by atoms with Crippen LogP contribution in [-0.4, -0.2) is 37.9 Å². The van der Waals surface area contributed by atoms with Crippen LogP contribution in [0.3, 0.4) is 0 Å². The Bertz CT molecular complexity index is 1420. The second kappa shape index (κ2) is 8.54. The van der Waals surface area contributed by atoms with Crippen LogP contribution in [0.15, 0.2) is 39.5 Å². The molecule has 3 aromatic heterocycles. The number of hydrogen-bond acceptors (Lipinski definition) is 6. The highest BCUT2D eigenvalue weighted by molar-refractivity contribution is 5.81. The largest absolute Gasteiger partial charge is 0.435 e. The second-order valence-electron chi connectivity index (χ2n) is 9.20. The predicted molar refractivity (Wildman–Crippen MR) is 124 cm³/mol. The first kappa shape index (κ1) is 23.1. The number of hydrogen-bond donors (Lipinski definition) is 1. The first-order chi connectivity index (χ1) is 16.6. The zero-order valence-corrected chi connectivity index (χ0v) is 19.6. The molecule has 4 aromatic rings. The number of nitrogens with one attached hydrogen (secondary N) is 1. The third-order valence-electron chi connectivity index (χ3n) is 6.69. The molecule has 0 saturated heterocycles. The van der Waals surface area contributed by atoms with Crippen LogP contribution in [0.1, 0.15) is 44.0 Å². The maximum Gasteiger partial charge on any atom is 0.435 e. The summed E-state index contributed by atoms with van der Waals surface area (Å²) in [5.41, 5.74) is -1.58. The van der Waals surface area contributed by atoms with Crippen molar-refractivity contribution in [2.45, 2.75) is 51.7 Å². The molecular weight excluding hydrogens is 461 g/mol. The maximum atomic E-state index is 13.9. The van der Waals surface area contributed by atoms with Gasteiger partial charge in [-0.2, -0.15) is 22.8 Å². The van der Waals surface area contributed by atoms with Gasteiger partial charge in [-0.3, -0.25) is 4.79 Å². The summed E-state index contributed by atoms with van der Waals surface area (Å²) in [7, 11) is 1.87. The number of benzene rings is 1. The fraction of sp³-hybridized carbons (Fsp3) is 0.417. The van der Waals surface area contributed by atoms with E-state index in [0.29, 0.717) is 17.2 Å². The molecular formula is C24H25F3N6O2. The lowest BCUT2D eigenvalue weighted by Gasteiger charge is -2.32. The normalized spacial score (nSPS) is 18.8. The highest BCUT2D eigenvalue weighted by Crippen LogP contribution is 2.38. The van der Waals surface area contributed by atoms with Crippen molar-refractivity contribution >= 4 is 11.7 Å². The molecule has 184 valence electrons. The zero-order chi connectivity index (χ0) is 24.9. The van der Waals surface area contributed by atoms with Crippen molar-refractivity contribution in [2.75, 3.05) is 11.9 Å². The lowest BCUT2D eigenvalue weighted by molar-refractivity contribution is -0.140. The van der Waals surface area contributed by atoms with Gasteiger partial charge in [-0.25, -0.2) is 0 Å². The lowest BCUT2D eigenvalue weighted by atomic mass is 9.86. The Hall–Kier alpha value is -3.63. The summed E-state index contributed by atoms with van der Waals surface area (Å²) in [5.74, 6) is 0.522. The van der Waals surface area contributed by atoms with Crippen molar-refractivity contribution in [3.8, 4) is 22.6 Å². The van der Waals surface area contributed by atoms with Gasteiger partial charge in [0.1, 0.15) is 11.2 Å². The molecule has 2 atom stereocenters. The van der Waals surface area contributed by atoms with Crippen LogP contribution in [0.25, 0.3) is 28.2 Å². The summed E-state index contributed by atoms with van der Waals surface area (Å²) in [6.45, 7) is 3.79. The van der Waals surface area contributed by atoms with E-state index in [9.17, 15) is 18.0 Å². The number of nitrogens with zero attached hydrogens (tertiary/aromatic N) is 5. The molecule has 35 heavy (non-hydrogen) atoms. The standard InChI is InChI=1S/C24H25F3N6O2/c1-13-8-7-11-16(12-13)32(3)23-30-29-21(35-23)17-14(2)28-20-18(15-9-5-4-6-10-15)19(24(25,26)27)31-33(20)22(17)34/h4-6,9-10,13,16,28H,7-8,11-12H2,1-3H3. The van der Waals surface area contributed by atoms with Gasteiger partial charge in [-0.1, -0.05) is 55.2 Å². The van der Waals surface area contributed by atoms with Crippen LogP contribution in [0.2, 0.25) is 0 Å². The Morgan fingerprint density at radius 1 is 1.14 bits per heavy atom. The van der Waals surface area contributed by atoms with Crippen molar-refractivity contribution in [2.24, 2.45) is 5.92 Å². The Labute approximate surface area is 198 Å². The fourth-order valence-corrected chi connectivity index (χ4v) is 4.88. The van der Waals surface area contributed by atoms with Crippen LogP contribution in [-0.2, 0) is 6.18 Å². The highest BCUT2D eigenvalue weighted by Gasteiger charge is 2.39. The van der Waals surface area contributed by atoms with Gasteiger partial charge >= 0.3 is 12.2 Å². The molecule has 1 aromatic carbocycles. The van der Waals surface area contributed by atoms with Gasteiger partial charge in [0.25, 0.3) is 11.4 Å². The SMILES string of the molecule is Cc1[nH]c2c(-c3ccccc3)c(C(F)(F)F)nn2c(=O)c1-c1nnc(N(C)C2CCCC(C)C2)o1. The van der Waals surface area contributed by atoms with Crippen molar-refractivity contribution in [1.82, 2.24) is 24.8 Å². The van der Waals surface area contributed by atoms with Crippen molar-refractivity contribution < 1.29 is 17.6 Å². The van der Waals surface area contributed by atoms with Crippen LogP contribution in [0, 0.1) is 12.8 Å². The second-order valence-corrected chi connectivity index (χ2v) is 9.20. The smallest absolute Gasteiger partial charge is 0.403 e. The number of H-pyrrole nitrogens is 1. The number of aromatic amines is 1. The number of fused-ring (bicyclic) bond motifs is 1. The Morgan fingerprint density at radius 2 is 1.89 bits per heavy atom. The fourth-order valence-electron chi connectivity index (χ4n) is 4.88. The molecule has 0 aliphatic heterocycles. The minimum atomic E-state index is -4.76. The average Bonchev–Trinajstić information content (AvgIpc) is 3.45. The molecule has 1 N–H and O–H groups in total. The van der Waals surface area contributed by atoms with E-state index >= 15 is 0 Å². The van der Waals surface area contributed by atoms with E-state index in [1.165, 1.54) is 6.42 Å². The third-order valence-corrected chi connectivity index (χ3v) is 6.69. The minimum Gasteiger partial charge on any atom is -0.403 e. The Morgan fingerprint density at radius 3 is 2.57 bits per heavy atom. The molecule has 1 saturated carbocycles. The molecule has 2 unspecified atom stereocenters. The topological polar surface area (TPSA) is 92.3 Å². The van der Waals surface area contributed by atoms with Gasteiger partial charge in [0.2, 0.25) is 0 Å². The van der Waals surface area contributed by atoms with E-state index < -0.39 is 17.4 Å². The summed E-state index contributed by atoms with van der Waals surface area (Å²) in [6.07, 6.45) is -0.474. The van der Waals surface area contributed by atoms with Crippen molar-refractivity contribution in [3.05, 3.63) is 52.1 Å². The summed E-state index contributed by atoms with van der Waals surface area (Å²) in [6, 6.07) is 8.54. The number of aryl methyl sites for hydroxylation is 1. The van der Waals surface area contributed by atoms with Crippen molar-refractivity contribution in [3.63, 3.8) is 0 Å².